The van der Waals surface area contributed by atoms with E-state index in [1.165, 1.54) is 6.20 Å². The van der Waals surface area contributed by atoms with E-state index in [2.05, 4.69) is 15.3 Å². The van der Waals surface area contributed by atoms with Crippen LogP contribution in [0.2, 0.25) is 0 Å². The summed E-state index contributed by atoms with van der Waals surface area (Å²) in [7, 11) is -1.61. The first-order chi connectivity index (χ1) is 11.4. The van der Waals surface area contributed by atoms with Gasteiger partial charge in [-0.3, -0.25) is 4.98 Å². The van der Waals surface area contributed by atoms with E-state index < -0.39 is 7.12 Å². The molecule has 0 aliphatic heterocycles. The molecule has 122 valence electrons. The zero-order valence-electron chi connectivity index (χ0n) is 13.4. The molecule has 2 heterocycles. The van der Waals surface area contributed by atoms with Crippen LogP contribution in [0.4, 0.5) is 5.69 Å². The van der Waals surface area contributed by atoms with Gasteiger partial charge in [0.1, 0.15) is 6.07 Å². The van der Waals surface area contributed by atoms with Crippen molar-refractivity contribution in [1.82, 2.24) is 9.97 Å². The Balaban J connectivity index is 2.39. The number of rotatable bonds is 6. The number of allylic oxidation sites excluding steroid dienone is 1. The van der Waals surface area contributed by atoms with Crippen LogP contribution in [0.1, 0.15) is 19.5 Å². The van der Waals surface area contributed by atoms with Crippen LogP contribution in [0.3, 0.4) is 0 Å². The summed E-state index contributed by atoms with van der Waals surface area (Å²) in [5, 5.41) is 38.1. The molecule has 2 aromatic heterocycles. The van der Waals surface area contributed by atoms with E-state index >= 15 is 0 Å². The number of nitrogens with zero attached hydrogens (tertiary/aromatic N) is 2. The van der Waals surface area contributed by atoms with E-state index in [-0.39, 0.29) is 11.6 Å². The first kappa shape index (κ1) is 17.5. The third-order valence-electron chi connectivity index (χ3n) is 3.24. The summed E-state index contributed by atoms with van der Waals surface area (Å²) in [6, 6.07) is 7.35. The SMILES string of the molecule is CC(C)Nc1cc(-c2ccc(/C=C(/C#N)C=N)[nH]2)ncc1B(O)O. The second-order valence-corrected chi connectivity index (χ2v) is 5.51. The lowest BCUT2D eigenvalue weighted by atomic mass is 9.80. The van der Waals surface area contributed by atoms with Crippen LogP contribution < -0.4 is 10.8 Å². The maximum absolute atomic E-state index is 9.44. The van der Waals surface area contributed by atoms with Gasteiger partial charge in [0.25, 0.3) is 0 Å². The van der Waals surface area contributed by atoms with Crippen LogP contribution in [0.25, 0.3) is 17.5 Å². The number of aromatic nitrogens is 2. The molecule has 0 aromatic carbocycles. The van der Waals surface area contributed by atoms with E-state index in [0.717, 1.165) is 6.21 Å². The van der Waals surface area contributed by atoms with Gasteiger partial charge in [-0.05, 0) is 38.1 Å². The summed E-state index contributed by atoms with van der Waals surface area (Å²) in [4.78, 5) is 7.36. The fourth-order valence-electron chi connectivity index (χ4n) is 2.17. The Morgan fingerprint density at radius 1 is 1.46 bits per heavy atom. The second kappa shape index (κ2) is 7.59. The fourth-order valence-corrected chi connectivity index (χ4v) is 2.17. The Morgan fingerprint density at radius 2 is 2.21 bits per heavy atom. The number of pyridine rings is 1. The number of H-pyrrole nitrogens is 1. The topological polar surface area (TPSA) is 129 Å². The number of aromatic amines is 1. The first-order valence-electron chi connectivity index (χ1n) is 7.39. The maximum Gasteiger partial charge on any atom is 0.492 e. The lowest BCUT2D eigenvalue weighted by Crippen LogP contribution is -2.34. The van der Waals surface area contributed by atoms with Crippen molar-refractivity contribution >= 4 is 30.6 Å². The molecule has 0 aliphatic rings. The minimum absolute atomic E-state index is 0.116. The molecule has 0 atom stereocenters. The monoisotopic (exact) mass is 323 g/mol. The van der Waals surface area contributed by atoms with Gasteiger partial charge in [0.2, 0.25) is 0 Å². The first-order valence-corrected chi connectivity index (χ1v) is 7.39. The van der Waals surface area contributed by atoms with Crippen LogP contribution in [0, 0.1) is 16.7 Å². The van der Waals surface area contributed by atoms with Crippen molar-refractivity contribution in [2.75, 3.05) is 5.32 Å². The molecule has 0 aliphatic carbocycles. The van der Waals surface area contributed by atoms with Crippen LogP contribution in [-0.2, 0) is 0 Å². The molecule has 7 nitrogen and oxygen atoms in total. The van der Waals surface area contributed by atoms with Crippen LogP contribution >= 0.6 is 0 Å². The largest absolute Gasteiger partial charge is 0.492 e. The molecule has 5 N–H and O–H groups in total. The smallest absolute Gasteiger partial charge is 0.423 e. The molecule has 0 saturated carbocycles. The maximum atomic E-state index is 9.44. The number of anilines is 1. The molecule has 0 unspecified atom stereocenters. The highest BCUT2D eigenvalue weighted by Crippen LogP contribution is 2.20. The number of nitriles is 1. The summed E-state index contributed by atoms with van der Waals surface area (Å²) in [5.41, 5.74) is 3.14. The molecule has 0 bridgehead atoms. The minimum atomic E-state index is -1.61. The molecule has 0 fully saturated rings. The van der Waals surface area contributed by atoms with Crippen LogP contribution in [0.5, 0.6) is 0 Å². The summed E-state index contributed by atoms with van der Waals surface area (Å²) in [6.45, 7) is 3.90. The lowest BCUT2D eigenvalue weighted by Gasteiger charge is -2.15. The minimum Gasteiger partial charge on any atom is -0.423 e. The predicted octanol–water partition coefficient (Wildman–Crippen LogP) is 1.13. The van der Waals surface area contributed by atoms with Gasteiger partial charge >= 0.3 is 7.12 Å². The Morgan fingerprint density at radius 3 is 2.79 bits per heavy atom. The Bertz CT molecular complexity index is 805. The van der Waals surface area contributed by atoms with E-state index in [9.17, 15) is 10.0 Å². The van der Waals surface area contributed by atoms with Crippen molar-refractivity contribution in [3.8, 4) is 17.5 Å². The fraction of sp³-hybridized carbons (Fsp3) is 0.188. The third kappa shape index (κ3) is 4.10. The van der Waals surface area contributed by atoms with Crippen molar-refractivity contribution in [2.45, 2.75) is 19.9 Å². The second-order valence-electron chi connectivity index (χ2n) is 5.51. The van der Waals surface area contributed by atoms with Gasteiger partial charge in [0, 0.05) is 35.3 Å². The van der Waals surface area contributed by atoms with Gasteiger partial charge in [-0.25, -0.2) is 0 Å². The lowest BCUT2D eigenvalue weighted by molar-refractivity contribution is 0.426. The van der Waals surface area contributed by atoms with Crippen LogP contribution in [-0.4, -0.2) is 39.4 Å². The molecule has 2 rings (SSSR count). The molecular formula is C16H18BN5O2. The van der Waals surface area contributed by atoms with E-state index in [1.807, 2.05) is 19.9 Å². The summed E-state index contributed by atoms with van der Waals surface area (Å²) in [5.74, 6) is 0. The number of hydrogen-bond acceptors (Lipinski definition) is 6. The highest BCUT2D eigenvalue weighted by Gasteiger charge is 2.18. The highest BCUT2D eigenvalue weighted by atomic mass is 16.4. The molecule has 24 heavy (non-hydrogen) atoms. The van der Waals surface area contributed by atoms with Gasteiger partial charge in [0.05, 0.1) is 17.0 Å². The average molecular weight is 323 g/mol. The van der Waals surface area contributed by atoms with Gasteiger partial charge in [-0.2, -0.15) is 5.26 Å². The van der Waals surface area contributed by atoms with Crippen molar-refractivity contribution in [1.29, 1.82) is 10.7 Å². The van der Waals surface area contributed by atoms with Crippen LogP contribution in [0.15, 0.2) is 30.0 Å². The van der Waals surface area contributed by atoms with Crippen molar-refractivity contribution < 1.29 is 10.0 Å². The molecule has 0 spiro atoms. The Kier molecular flexibility index (Phi) is 5.53. The molecule has 0 saturated heterocycles. The van der Waals surface area contributed by atoms with Crippen molar-refractivity contribution in [3.63, 3.8) is 0 Å². The molecular weight excluding hydrogens is 305 g/mol. The quantitative estimate of drug-likeness (QED) is 0.309. The Hall–Kier alpha value is -2.89. The summed E-state index contributed by atoms with van der Waals surface area (Å²) >= 11 is 0. The van der Waals surface area contributed by atoms with Crippen molar-refractivity contribution in [2.24, 2.45) is 0 Å². The number of nitrogens with one attached hydrogen (secondary N) is 3. The standard InChI is InChI=1S/C16H18BN5O2/c1-10(2)21-15-6-16(20-9-13(15)17(23)24)14-4-3-12(22-14)5-11(7-18)8-19/h3-7,9-10,18,22-24H,1-2H3,(H,20,21)/b11-5+,18-7?. The van der Waals surface area contributed by atoms with Gasteiger partial charge in [0.15, 0.2) is 0 Å². The molecule has 0 amide bonds. The van der Waals surface area contributed by atoms with E-state index in [1.54, 1.807) is 24.3 Å². The highest BCUT2D eigenvalue weighted by molar-refractivity contribution is 6.60. The average Bonchev–Trinajstić information content (AvgIpc) is 3.00. The van der Waals surface area contributed by atoms with Crippen molar-refractivity contribution in [3.05, 3.63) is 35.7 Å². The molecule has 8 heteroatoms. The van der Waals surface area contributed by atoms with Gasteiger partial charge in [-0.1, -0.05) is 0 Å². The van der Waals surface area contributed by atoms with Gasteiger partial charge < -0.3 is 25.8 Å². The normalized spacial score (nSPS) is 11.2. The van der Waals surface area contributed by atoms with E-state index in [4.69, 9.17) is 10.7 Å². The Labute approximate surface area is 140 Å². The van der Waals surface area contributed by atoms with Gasteiger partial charge in [-0.15, -0.1) is 0 Å². The molecule has 0 radical (unpaired) electrons. The predicted molar refractivity (Wildman–Crippen MR) is 95.0 cm³/mol. The summed E-state index contributed by atoms with van der Waals surface area (Å²) < 4.78 is 0. The zero-order valence-corrected chi connectivity index (χ0v) is 13.4. The van der Waals surface area contributed by atoms with E-state index in [0.29, 0.717) is 28.2 Å². The number of hydrogen-bond donors (Lipinski definition) is 5. The zero-order chi connectivity index (χ0) is 17.7. The summed E-state index contributed by atoms with van der Waals surface area (Å²) in [6.07, 6.45) is 3.97. The molecule has 2 aromatic rings. The third-order valence-corrected chi connectivity index (χ3v) is 3.24.